The molecular weight excluding hydrogens is 492 g/mol. The van der Waals surface area contributed by atoms with Gasteiger partial charge in [-0.2, -0.15) is 14.7 Å². The Balaban J connectivity index is 1.47. The number of nitrogens with two attached hydrogens (primary N) is 1. The lowest BCUT2D eigenvalue weighted by atomic mass is 9.77. The van der Waals surface area contributed by atoms with Crippen molar-refractivity contribution in [3.05, 3.63) is 54.6 Å². The number of benzene rings is 1. The third-order valence-corrected chi connectivity index (χ3v) is 7.84. The molecule has 0 atom stereocenters. The summed E-state index contributed by atoms with van der Waals surface area (Å²) in [5, 5.41) is 19.0. The van der Waals surface area contributed by atoms with E-state index in [0.29, 0.717) is 43.8 Å². The van der Waals surface area contributed by atoms with E-state index < -0.39 is 11.6 Å². The highest BCUT2D eigenvalue weighted by Crippen LogP contribution is 2.44. The zero-order chi connectivity index (χ0) is 26.0. The van der Waals surface area contributed by atoms with Crippen molar-refractivity contribution in [2.45, 2.75) is 42.1 Å². The van der Waals surface area contributed by atoms with Gasteiger partial charge in [-0.15, -0.1) is 11.8 Å². The highest BCUT2D eigenvalue weighted by Gasteiger charge is 2.44. The van der Waals surface area contributed by atoms with Crippen molar-refractivity contribution < 1.29 is 19.4 Å². The molecule has 0 radical (unpaired) electrons. The van der Waals surface area contributed by atoms with Crippen LogP contribution in [0, 0.1) is 0 Å². The molecule has 1 saturated carbocycles. The van der Waals surface area contributed by atoms with Crippen molar-refractivity contribution in [2.75, 3.05) is 32.3 Å². The zero-order valence-corrected chi connectivity index (χ0v) is 21.6. The summed E-state index contributed by atoms with van der Waals surface area (Å²) in [7, 11) is 1.57. The number of carboxylic acid groups (broad SMARTS) is 1. The Morgan fingerprint density at radius 2 is 1.95 bits per heavy atom. The second-order valence-corrected chi connectivity index (χ2v) is 9.95. The van der Waals surface area contributed by atoms with Crippen LogP contribution in [0.15, 0.2) is 53.8 Å². The number of aromatic nitrogens is 5. The lowest BCUT2D eigenvalue weighted by molar-refractivity contribution is -0.173. The van der Waals surface area contributed by atoms with E-state index in [4.69, 9.17) is 20.2 Å². The van der Waals surface area contributed by atoms with Crippen LogP contribution in [0.1, 0.15) is 37.3 Å². The number of anilines is 1. The molecule has 0 amide bonds. The van der Waals surface area contributed by atoms with Crippen molar-refractivity contribution in [1.29, 1.82) is 0 Å². The van der Waals surface area contributed by atoms with E-state index in [1.54, 1.807) is 24.0 Å². The SMILES string of the molecule is COCCOC1(C(=O)O)CCC(c2nc3c(-c4cnn(-c5ccccc5)c4)cnn3c(N)c2SC)CC1. The lowest BCUT2D eigenvalue weighted by Gasteiger charge is -2.37. The van der Waals surface area contributed by atoms with Crippen LogP contribution in [0.5, 0.6) is 0 Å². The van der Waals surface area contributed by atoms with Gasteiger partial charge in [0.05, 0.1) is 41.9 Å². The highest BCUT2D eigenvalue weighted by molar-refractivity contribution is 7.98. The molecule has 1 aliphatic rings. The van der Waals surface area contributed by atoms with Crippen molar-refractivity contribution in [3.8, 4) is 16.8 Å². The molecule has 0 unspecified atom stereocenters. The molecule has 1 aromatic carbocycles. The topological polar surface area (TPSA) is 130 Å². The van der Waals surface area contributed by atoms with Crippen LogP contribution < -0.4 is 5.73 Å². The number of para-hydroxylation sites is 1. The predicted molar refractivity (Wildman–Crippen MR) is 141 cm³/mol. The van der Waals surface area contributed by atoms with Gasteiger partial charge < -0.3 is 20.3 Å². The quantitative estimate of drug-likeness (QED) is 0.247. The molecule has 10 nitrogen and oxygen atoms in total. The first-order chi connectivity index (χ1) is 18.0. The van der Waals surface area contributed by atoms with Crippen LogP contribution in [0.3, 0.4) is 0 Å². The smallest absolute Gasteiger partial charge is 0.335 e. The third-order valence-electron chi connectivity index (χ3n) is 7.02. The number of ether oxygens (including phenoxy) is 2. The van der Waals surface area contributed by atoms with Crippen LogP contribution >= 0.6 is 11.8 Å². The second-order valence-electron chi connectivity index (χ2n) is 9.13. The van der Waals surface area contributed by atoms with Crippen molar-refractivity contribution in [3.63, 3.8) is 0 Å². The fraction of sp³-hybridized carbons (Fsp3) is 0.385. The molecule has 0 aliphatic heterocycles. The van der Waals surface area contributed by atoms with Gasteiger partial charge in [0.2, 0.25) is 0 Å². The number of hydrogen-bond acceptors (Lipinski definition) is 8. The van der Waals surface area contributed by atoms with Crippen molar-refractivity contribution in [1.82, 2.24) is 24.4 Å². The molecule has 0 spiro atoms. The molecule has 0 bridgehead atoms. The number of carbonyl (C=O) groups is 1. The van der Waals surface area contributed by atoms with Crippen LogP contribution in [-0.2, 0) is 14.3 Å². The number of hydrogen-bond donors (Lipinski definition) is 2. The second kappa shape index (κ2) is 10.5. The summed E-state index contributed by atoms with van der Waals surface area (Å²) in [5.41, 5.74) is 9.61. The van der Waals surface area contributed by atoms with Gasteiger partial charge in [-0.05, 0) is 44.1 Å². The number of methoxy groups -OCH3 is 1. The monoisotopic (exact) mass is 522 g/mol. The summed E-state index contributed by atoms with van der Waals surface area (Å²) in [5.74, 6) is -0.341. The predicted octanol–water partition coefficient (Wildman–Crippen LogP) is 4.03. The Hall–Kier alpha value is -3.41. The first kappa shape index (κ1) is 25.2. The maximum absolute atomic E-state index is 12.1. The van der Waals surface area contributed by atoms with Gasteiger partial charge in [-0.25, -0.2) is 14.5 Å². The molecule has 4 aromatic rings. The molecular formula is C26H30N6O4S. The lowest BCUT2D eigenvalue weighted by Crippen LogP contribution is -2.45. The summed E-state index contributed by atoms with van der Waals surface area (Å²) < 4.78 is 14.3. The van der Waals surface area contributed by atoms with Gasteiger partial charge in [0.25, 0.3) is 0 Å². The number of nitrogens with zero attached hydrogens (tertiary/aromatic N) is 5. The van der Waals surface area contributed by atoms with E-state index in [2.05, 4.69) is 10.2 Å². The molecule has 5 rings (SSSR count). The molecule has 1 fully saturated rings. The first-order valence-electron chi connectivity index (χ1n) is 12.2. The number of thioether (sulfide) groups is 1. The normalized spacial score (nSPS) is 19.9. The van der Waals surface area contributed by atoms with E-state index in [1.807, 2.05) is 47.5 Å². The highest BCUT2D eigenvalue weighted by atomic mass is 32.2. The number of rotatable bonds is 9. The molecule has 194 valence electrons. The maximum atomic E-state index is 12.1. The average Bonchev–Trinajstić information content (AvgIpc) is 3.57. The van der Waals surface area contributed by atoms with Gasteiger partial charge in [0.15, 0.2) is 11.2 Å². The zero-order valence-electron chi connectivity index (χ0n) is 20.8. The van der Waals surface area contributed by atoms with Gasteiger partial charge >= 0.3 is 5.97 Å². The number of carboxylic acids is 1. The Labute approximate surface area is 218 Å². The van der Waals surface area contributed by atoms with Gasteiger partial charge in [-0.1, -0.05) is 18.2 Å². The van der Waals surface area contributed by atoms with Gasteiger partial charge in [0.1, 0.15) is 5.82 Å². The van der Waals surface area contributed by atoms with E-state index in [9.17, 15) is 9.90 Å². The minimum Gasteiger partial charge on any atom is -0.479 e. The number of aliphatic carboxylic acids is 1. The molecule has 3 N–H and O–H groups in total. The minimum atomic E-state index is -1.20. The van der Waals surface area contributed by atoms with Crippen LogP contribution in [0.2, 0.25) is 0 Å². The summed E-state index contributed by atoms with van der Waals surface area (Å²) in [6.45, 7) is 0.602. The molecule has 37 heavy (non-hydrogen) atoms. The number of nitrogen functional groups attached to an aromatic ring is 1. The maximum Gasteiger partial charge on any atom is 0.335 e. The molecule has 3 heterocycles. The Morgan fingerprint density at radius 3 is 2.62 bits per heavy atom. The average molecular weight is 523 g/mol. The summed E-state index contributed by atoms with van der Waals surface area (Å²) in [4.78, 5) is 18.1. The van der Waals surface area contributed by atoms with E-state index in [0.717, 1.165) is 27.4 Å². The van der Waals surface area contributed by atoms with Crippen molar-refractivity contribution in [2.24, 2.45) is 0 Å². The summed E-state index contributed by atoms with van der Waals surface area (Å²) in [6, 6.07) is 9.89. The standard InChI is InChI=1S/C26H30N6O4S/c1-35-12-13-36-26(25(33)34)10-8-17(9-11-26)21-22(37-2)23(27)32-24(30-21)20(15-29-32)18-14-28-31(16-18)19-6-4-3-5-7-19/h3-7,14-17H,8-13,27H2,1-2H3,(H,33,34). The van der Waals surface area contributed by atoms with Gasteiger partial charge in [0, 0.05) is 30.4 Å². The fourth-order valence-corrected chi connectivity index (χ4v) is 5.71. The molecule has 1 aliphatic carbocycles. The first-order valence-corrected chi connectivity index (χ1v) is 13.4. The molecule has 0 saturated heterocycles. The van der Waals surface area contributed by atoms with Crippen molar-refractivity contribution >= 4 is 29.2 Å². The van der Waals surface area contributed by atoms with Crippen LogP contribution in [0.25, 0.3) is 22.5 Å². The van der Waals surface area contributed by atoms with Crippen LogP contribution in [-0.4, -0.2) is 67.6 Å². The minimum absolute atomic E-state index is 0.0584. The summed E-state index contributed by atoms with van der Waals surface area (Å²) >= 11 is 1.53. The Morgan fingerprint density at radius 1 is 1.19 bits per heavy atom. The molecule has 11 heteroatoms. The Kier molecular flexibility index (Phi) is 7.18. The largest absolute Gasteiger partial charge is 0.479 e. The van der Waals surface area contributed by atoms with E-state index in [1.165, 1.54) is 11.8 Å². The third kappa shape index (κ3) is 4.70. The van der Waals surface area contributed by atoms with Crippen LogP contribution in [0.4, 0.5) is 5.82 Å². The fourth-order valence-electron chi connectivity index (χ4n) is 4.99. The molecule has 3 aromatic heterocycles. The van der Waals surface area contributed by atoms with Gasteiger partial charge in [-0.3, -0.25) is 0 Å². The van der Waals surface area contributed by atoms with E-state index in [-0.39, 0.29) is 12.5 Å². The summed E-state index contributed by atoms with van der Waals surface area (Å²) in [6.07, 6.45) is 9.53. The Bertz CT molecular complexity index is 1400. The van der Waals surface area contributed by atoms with E-state index >= 15 is 0 Å². The number of fused-ring (bicyclic) bond motifs is 1.